The van der Waals surface area contributed by atoms with Crippen LogP contribution in [0.4, 0.5) is 0 Å². The number of aryl methyl sites for hydroxylation is 1. The van der Waals surface area contributed by atoms with Crippen LogP contribution < -0.4 is 0 Å². The summed E-state index contributed by atoms with van der Waals surface area (Å²) in [5.74, 6) is 0.0691. The van der Waals surface area contributed by atoms with E-state index < -0.39 is 0 Å². The molecule has 0 saturated carbocycles. The lowest BCUT2D eigenvalue weighted by atomic mass is 10.1. The maximum atomic E-state index is 12.8. The largest absolute Gasteiger partial charge is 0.373 e. The van der Waals surface area contributed by atoms with Gasteiger partial charge in [-0.15, -0.1) is 11.3 Å². The summed E-state index contributed by atoms with van der Waals surface area (Å²) >= 11 is 1.57. The van der Waals surface area contributed by atoms with Crippen molar-refractivity contribution >= 4 is 17.2 Å². The van der Waals surface area contributed by atoms with Gasteiger partial charge in [-0.25, -0.2) is 0 Å². The lowest BCUT2D eigenvalue weighted by Gasteiger charge is -2.16. The van der Waals surface area contributed by atoms with Crippen molar-refractivity contribution in [3.8, 4) is 0 Å². The van der Waals surface area contributed by atoms with Gasteiger partial charge in [0, 0.05) is 24.2 Å². The van der Waals surface area contributed by atoms with Gasteiger partial charge in [0.15, 0.2) is 0 Å². The predicted octanol–water partition coefficient (Wildman–Crippen LogP) is 3.86. The van der Waals surface area contributed by atoms with Gasteiger partial charge >= 0.3 is 0 Å². The number of rotatable bonds is 4. The quantitative estimate of drug-likeness (QED) is 0.843. The summed E-state index contributed by atoms with van der Waals surface area (Å²) in [6, 6.07) is 3.98. The van der Waals surface area contributed by atoms with Crippen molar-refractivity contribution in [2.75, 3.05) is 13.7 Å². The van der Waals surface area contributed by atoms with Gasteiger partial charge in [0.05, 0.1) is 23.2 Å². The minimum absolute atomic E-state index is 0.0691. The normalized spacial score (nSPS) is 20.3. The molecule has 0 bridgehead atoms. The number of nitrogens with one attached hydrogen (secondary N) is 1. The van der Waals surface area contributed by atoms with E-state index in [4.69, 9.17) is 4.74 Å². The molecule has 0 aromatic carbocycles. The number of amides is 1. The Labute approximate surface area is 152 Å². The molecule has 1 fully saturated rings. The number of carbonyl (C=O) groups is 1. The van der Waals surface area contributed by atoms with Crippen molar-refractivity contribution in [2.45, 2.75) is 57.6 Å². The third kappa shape index (κ3) is 3.51. The summed E-state index contributed by atoms with van der Waals surface area (Å²) in [6.07, 6.45) is 8.22. The van der Waals surface area contributed by atoms with E-state index in [1.165, 1.54) is 35.4 Å². The van der Waals surface area contributed by atoms with Crippen LogP contribution in [-0.4, -0.2) is 34.7 Å². The summed E-state index contributed by atoms with van der Waals surface area (Å²) in [4.78, 5) is 16.5. The number of aromatic nitrogens is 2. The Bertz CT molecular complexity index is 746. The Morgan fingerprint density at radius 3 is 3.04 bits per heavy atom. The molecule has 25 heavy (non-hydrogen) atoms. The zero-order chi connectivity index (χ0) is 17.2. The first-order chi connectivity index (χ1) is 12.2. The number of ether oxygens (including phenoxy) is 1. The highest BCUT2D eigenvalue weighted by molar-refractivity contribution is 7.14. The highest BCUT2D eigenvalue weighted by atomic mass is 32.1. The van der Waals surface area contributed by atoms with E-state index in [1.807, 2.05) is 19.2 Å². The molecule has 2 aromatic rings. The van der Waals surface area contributed by atoms with Crippen LogP contribution in [0.25, 0.3) is 0 Å². The van der Waals surface area contributed by atoms with E-state index in [1.54, 1.807) is 16.2 Å². The van der Waals surface area contributed by atoms with Crippen LogP contribution in [0, 0.1) is 0 Å². The van der Waals surface area contributed by atoms with Crippen molar-refractivity contribution in [1.82, 2.24) is 15.1 Å². The Hall–Kier alpha value is -1.66. The second-order valence-corrected chi connectivity index (χ2v) is 8.17. The fraction of sp³-hybridized carbons (Fsp3) is 0.579. The Kier molecular flexibility index (Phi) is 4.90. The highest BCUT2D eigenvalue weighted by Crippen LogP contribution is 2.33. The van der Waals surface area contributed by atoms with E-state index in [0.717, 1.165) is 42.9 Å². The molecular formula is C19H25N3O2S. The second-order valence-electron chi connectivity index (χ2n) is 7.05. The van der Waals surface area contributed by atoms with Crippen LogP contribution in [0.2, 0.25) is 0 Å². The number of hydrogen-bond donors (Lipinski definition) is 1. The molecule has 1 unspecified atom stereocenters. The molecule has 0 spiro atoms. The molecule has 1 N–H and O–H groups in total. The van der Waals surface area contributed by atoms with Gasteiger partial charge in [-0.2, -0.15) is 5.10 Å². The maximum Gasteiger partial charge on any atom is 0.264 e. The lowest BCUT2D eigenvalue weighted by molar-refractivity contribution is 0.0788. The Balaban J connectivity index is 1.45. The van der Waals surface area contributed by atoms with Gasteiger partial charge in [-0.1, -0.05) is 6.42 Å². The summed E-state index contributed by atoms with van der Waals surface area (Å²) in [7, 11) is 1.87. The maximum absolute atomic E-state index is 12.8. The number of nitrogens with zero attached hydrogens (tertiary/aromatic N) is 2. The molecule has 1 saturated heterocycles. The molecule has 1 amide bonds. The van der Waals surface area contributed by atoms with E-state index in [2.05, 4.69) is 10.2 Å². The van der Waals surface area contributed by atoms with Crippen LogP contribution in [0.5, 0.6) is 0 Å². The van der Waals surface area contributed by atoms with E-state index in [9.17, 15) is 4.79 Å². The highest BCUT2D eigenvalue weighted by Gasteiger charge is 2.23. The van der Waals surface area contributed by atoms with Gasteiger partial charge < -0.3 is 9.64 Å². The number of thiophene rings is 1. The first-order valence-electron chi connectivity index (χ1n) is 9.24. The first-order valence-corrected chi connectivity index (χ1v) is 10.1. The molecule has 1 aliphatic heterocycles. The summed E-state index contributed by atoms with van der Waals surface area (Å²) in [5.41, 5.74) is 3.64. The zero-order valence-electron chi connectivity index (χ0n) is 14.7. The average molecular weight is 359 g/mol. The van der Waals surface area contributed by atoms with Crippen LogP contribution in [0.15, 0.2) is 12.1 Å². The summed E-state index contributed by atoms with van der Waals surface area (Å²) in [6.45, 7) is 1.40. The van der Waals surface area contributed by atoms with Crippen molar-refractivity contribution < 1.29 is 9.53 Å². The fourth-order valence-electron chi connectivity index (χ4n) is 3.78. The fourth-order valence-corrected chi connectivity index (χ4v) is 4.87. The molecule has 2 aliphatic rings. The lowest BCUT2D eigenvalue weighted by Crippen LogP contribution is -2.26. The van der Waals surface area contributed by atoms with Gasteiger partial charge in [0.2, 0.25) is 0 Å². The zero-order valence-corrected chi connectivity index (χ0v) is 15.5. The molecule has 3 heterocycles. The number of hydrogen-bond acceptors (Lipinski definition) is 4. The second kappa shape index (κ2) is 7.30. The minimum Gasteiger partial charge on any atom is -0.373 e. The van der Waals surface area contributed by atoms with Gasteiger partial charge in [0.1, 0.15) is 0 Å². The van der Waals surface area contributed by atoms with Crippen molar-refractivity contribution in [1.29, 1.82) is 0 Å². The number of aromatic amines is 1. The SMILES string of the molecule is CN(Cc1n[nH]c2c1CCCCC2)C(=O)c1ccc(C2CCCO2)s1. The third-order valence-electron chi connectivity index (χ3n) is 5.21. The number of fused-ring (bicyclic) bond motifs is 1. The van der Waals surface area contributed by atoms with Crippen molar-refractivity contribution in [3.05, 3.63) is 38.8 Å². The minimum atomic E-state index is 0.0691. The van der Waals surface area contributed by atoms with Gasteiger partial charge in [-0.3, -0.25) is 9.89 Å². The monoisotopic (exact) mass is 359 g/mol. The number of carbonyl (C=O) groups excluding carboxylic acids is 1. The van der Waals surface area contributed by atoms with Crippen LogP contribution in [0.3, 0.4) is 0 Å². The molecule has 2 aromatic heterocycles. The molecular weight excluding hydrogens is 334 g/mol. The molecule has 0 radical (unpaired) electrons. The summed E-state index contributed by atoms with van der Waals surface area (Å²) < 4.78 is 5.72. The standard InChI is InChI=1S/C19H25N3O2S/c1-22(12-15-13-6-3-2-4-7-14(13)20-21-15)19(23)18-10-9-17(25-18)16-8-5-11-24-16/h9-10,16H,2-8,11-12H2,1H3,(H,20,21). The van der Waals surface area contributed by atoms with Crippen molar-refractivity contribution in [2.24, 2.45) is 0 Å². The van der Waals surface area contributed by atoms with Crippen LogP contribution in [-0.2, 0) is 24.1 Å². The van der Waals surface area contributed by atoms with Gasteiger partial charge in [0.25, 0.3) is 5.91 Å². The van der Waals surface area contributed by atoms with Crippen LogP contribution in [0.1, 0.15) is 69.7 Å². The topological polar surface area (TPSA) is 58.2 Å². The van der Waals surface area contributed by atoms with E-state index in [0.29, 0.717) is 6.54 Å². The van der Waals surface area contributed by atoms with Gasteiger partial charge in [-0.05, 0) is 56.2 Å². The molecule has 134 valence electrons. The average Bonchev–Trinajstić information content (AvgIpc) is 3.33. The third-order valence-corrected chi connectivity index (χ3v) is 6.38. The molecule has 6 heteroatoms. The predicted molar refractivity (Wildman–Crippen MR) is 97.9 cm³/mol. The van der Waals surface area contributed by atoms with E-state index >= 15 is 0 Å². The van der Waals surface area contributed by atoms with Crippen molar-refractivity contribution in [3.63, 3.8) is 0 Å². The smallest absolute Gasteiger partial charge is 0.264 e. The molecule has 1 atom stereocenters. The molecule has 1 aliphatic carbocycles. The summed E-state index contributed by atoms with van der Waals surface area (Å²) in [5, 5.41) is 7.68. The Morgan fingerprint density at radius 2 is 2.20 bits per heavy atom. The number of H-pyrrole nitrogens is 1. The van der Waals surface area contributed by atoms with Crippen LogP contribution >= 0.6 is 11.3 Å². The molecule has 5 nitrogen and oxygen atoms in total. The Morgan fingerprint density at radius 1 is 1.32 bits per heavy atom. The van der Waals surface area contributed by atoms with E-state index in [-0.39, 0.29) is 12.0 Å². The first kappa shape index (κ1) is 16.8. The molecule has 4 rings (SSSR count).